The summed E-state index contributed by atoms with van der Waals surface area (Å²) in [6, 6.07) is 13.2. The minimum absolute atomic E-state index is 0.166. The van der Waals surface area contributed by atoms with Crippen LogP contribution in [0.3, 0.4) is 0 Å². The van der Waals surface area contributed by atoms with Crippen molar-refractivity contribution in [3.8, 4) is 0 Å². The molecule has 38 heavy (non-hydrogen) atoms. The fourth-order valence-electron chi connectivity index (χ4n) is 4.26. The molecule has 3 heterocycles. The molecule has 1 aromatic carbocycles. The highest BCUT2D eigenvalue weighted by Crippen LogP contribution is 2.21. The zero-order valence-corrected chi connectivity index (χ0v) is 21.0. The van der Waals surface area contributed by atoms with Crippen LogP contribution >= 0.6 is 0 Å². The minimum atomic E-state index is -1.23. The van der Waals surface area contributed by atoms with E-state index in [0.717, 1.165) is 31.6 Å². The number of hydrogen-bond donors (Lipinski definition) is 4. The van der Waals surface area contributed by atoms with E-state index in [1.165, 1.54) is 12.8 Å². The molecular formula is C27H31N7O4. The number of urea groups is 1. The number of anilines is 3. The van der Waals surface area contributed by atoms with Gasteiger partial charge in [0, 0.05) is 25.5 Å². The Labute approximate surface area is 220 Å². The first-order valence-electron chi connectivity index (χ1n) is 12.5. The van der Waals surface area contributed by atoms with Crippen molar-refractivity contribution in [2.45, 2.75) is 25.8 Å². The van der Waals surface area contributed by atoms with Gasteiger partial charge in [0.1, 0.15) is 5.69 Å². The zero-order chi connectivity index (χ0) is 26.7. The predicted octanol–water partition coefficient (Wildman–Crippen LogP) is 4.34. The Morgan fingerprint density at radius 3 is 2.34 bits per heavy atom. The maximum absolute atomic E-state index is 13.1. The Kier molecular flexibility index (Phi) is 9.19. The molecule has 0 saturated carbocycles. The fraction of sp³-hybridized carbons (Fsp3) is 0.296. The zero-order valence-electron chi connectivity index (χ0n) is 21.0. The van der Waals surface area contributed by atoms with E-state index in [0.29, 0.717) is 24.5 Å². The molecule has 3 aromatic rings. The number of carbonyl (C=O) groups is 3. The standard InChI is InChI=1S/C27H31N7O4/c35-25(31-22-8-1-2-9-23(22)32-27(37)38)24-11-10-20(17-29-24)19-34(16-6-15-33-13-3-4-14-33)26(36)30-21-7-5-12-28-18-21/h1-2,5,7-12,17-18,32H,3-4,6,13-16,19H2,(H,30,36)(H,31,35)(H,37,38). The van der Waals surface area contributed by atoms with E-state index in [1.807, 2.05) is 0 Å². The second kappa shape index (κ2) is 13.2. The van der Waals surface area contributed by atoms with Crippen molar-refractivity contribution in [3.63, 3.8) is 0 Å². The van der Waals surface area contributed by atoms with E-state index in [2.05, 4.69) is 30.8 Å². The number of likely N-dealkylation sites (tertiary alicyclic amines) is 1. The van der Waals surface area contributed by atoms with E-state index < -0.39 is 12.0 Å². The van der Waals surface area contributed by atoms with Crippen LogP contribution in [0.1, 0.15) is 35.3 Å². The molecule has 4 rings (SSSR count). The van der Waals surface area contributed by atoms with Crippen LogP contribution in [0.4, 0.5) is 26.7 Å². The van der Waals surface area contributed by atoms with Gasteiger partial charge >= 0.3 is 12.1 Å². The molecule has 0 atom stereocenters. The lowest BCUT2D eigenvalue weighted by atomic mass is 10.2. The maximum Gasteiger partial charge on any atom is 0.409 e. The van der Waals surface area contributed by atoms with Crippen LogP contribution in [0.15, 0.2) is 67.1 Å². The van der Waals surface area contributed by atoms with Crippen LogP contribution in [0.25, 0.3) is 0 Å². The second-order valence-electron chi connectivity index (χ2n) is 8.98. The van der Waals surface area contributed by atoms with Crippen molar-refractivity contribution in [1.29, 1.82) is 0 Å². The summed E-state index contributed by atoms with van der Waals surface area (Å²) in [6.07, 6.45) is 6.87. The van der Waals surface area contributed by atoms with E-state index in [9.17, 15) is 14.4 Å². The molecular weight excluding hydrogens is 486 g/mol. The van der Waals surface area contributed by atoms with Crippen LogP contribution in [0.5, 0.6) is 0 Å². The monoisotopic (exact) mass is 517 g/mol. The summed E-state index contributed by atoms with van der Waals surface area (Å²) in [6.45, 7) is 4.04. The van der Waals surface area contributed by atoms with Crippen LogP contribution in [-0.2, 0) is 6.54 Å². The summed E-state index contributed by atoms with van der Waals surface area (Å²) in [7, 11) is 0. The first-order chi connectivity index (χ1) is 18.5. The van der Waals surface area contributed by atoms with E-state index in [4.69, 9.17) is 5.11 Å². The molecule has 0 bridgehead atoms. The first kappa shape index (κ1) is 26.6. The number of amides is 4. The normalized spacial score (nSPS) is 13.1. The highest BCUT2D eigenvalue weighted by Gasteiger charge is 2.18. The topological polar surface area (TPSA) is 140 Å². The van der Waals surface area contributed by atoms with Gasteiger partial charge in [-0.25, -0.2) is 9.59 Å². The van der Waals surface area contributed by atoms with Crippen LogP contribution in [0.2, 0.25) is 0 Å². The molecule has 198 valence electrons. The molecule has 4 N–H and O–H groups in total. The van der Waals surface area contributed by atoms with Gasteiger partial charge in [0.25, 0.3) is 5.91 Å². The van der Waals surface area contributed by atoms with Gasteiger partial charge in [-0.05, 0) is 74.8 Å². The fourth-order valence-corrected chi connectivity index (χ4v) is 4.26. The lowest BCUT2D eigenvalue weighted by Gasteiger charge is -2.24. The van der Waals surface area contributed by atoms with E-state index in [1.54, 1.807) is 72.0 Å². The van der Waals surface area contributed by atoms with Crippen LogP contribution in [-0.4, -0.2) is 69.1 Å². The lowest BCUT2D eigenvalue weighted by molar-refractivity contribution is 0.102. The summed E-state index contributed by atoms with van der Waals surface area (Å²) < 4.78 is 0. The molecule has 1 saturated heterocycles. The Bertz CT molecular complexity index is 1230. The smallest absolute Gasteiger partial charge is 0.409 e. The van der Waals surface area contributed by atoms with Gasteiger partial charge in [-0.3, -0.25) is 20.1 Å². The highest BCUT2D eigenvalue weighted by atomic mass is 16.4. The summed E-state index contributed by atoms with van der Waals surface area (Å²) in [5, 5.41) is 16.8. The molecule has 4 amide bonds. The molecule has 0 spiro atoms. The van der Waals surface area contributed by atoms with Gasteiger partial charge in [-0.1, -0.05) is 18.2 Å². The predicted molar refractivity (Wildman–Crippen MR) is 144 cm³/mol. The Morgan fingerprint density at radius 2 is 1.68 bits per heavy atom. The quantitative estimate of drug-likeness (QED) is 0.314. The second-order valence-corrected chi connectivity index (χ2v) is 8.98. The van der Waals surface area contributed by atoms with Gasteiger partial charge in [0.15, 0.2) is 0 Å². The molecule has 0 aliphatic carbocycles. The Hall–Kier alpha value is -4.51. The number of pyridine rings is 2. The third-order valence-electron chi connectivity index (χ3n) is 6.15. The average molecular weight is 518 g/mol. The van der Waals surface area contributed by atoms with E-state index >= 15 is 0 Å². The molecule has 2 aromatic heterocycles. The molecule has 1 fully saturated rings. The molecule has 11 nitrogen and oxygen atoms in total. The number of carboxylic acid groups (broad SMARTS) is 1. The minimum Gasteiger partial charge on any atom is -0.465 e. The number of aromatic nitrogens is 2. The summed E-state index contributed by atoms with van der Waals surface area (Å²) in [5.41, 5.74) is 2.14. The molecule has 11 heteroatoms. The Balaban J connectivity index is 1.40. The van der Waals surface area contributed by atoms with Gasteiger partial charge < -0.3 is 25.5 Å². The largest absolute Gasteiger partial charge is 0.465 e. The highest BCUT2D eigenvalue weighted by molar-refractivity contribution is 6.05. The molecule has 0 radical (unpaired) electrons. The molecule has 0 unspecified atom stereocenters. The van der Waals surface area contributed by atoms with Crippen molar-refractivity contribution in [2.24, 2.45) is 0 Å². The summed E-state index contributed by atoms with van der Waals surface area (Å²) in [5.74, 6) is -0.479. The van der Waals surface area contributed by atoms with E-state index in [-0.39, 0.29) is 17.4 Å². The van der Waals surface area contributed by atoms with Gasteiger partial charge in [-0.15, -0.1) is 0 Å². The number of nitrogens with zero attached hydrogens (tertiary/aromatic N) is 4. The van der Waals surface area contributed by atoms with Gasteiger partial charge in [0.05, 0.1) is 23.3 Å². The number of para-hydroxylation sites is 2. The van der Waals surface area contributed by atoms with Crippen molar-refractivity contribution in [3.05, 3.63) is 78.4 Å². The third kappa shape index (κ3) is 7.74. The lowest BCUT2D eigenvalue weighted by Crippen LogP contribution is -2.36. The molecule has 1 aliphatic heterocycles. The van der Waals surface area contributed by atoms with Crippen molar-refractivity contribution in [1.82, 2.24) is 19.8 Å². The number of rotatable bonds is 10. The van der Waals surface area contributed by atoms with Crippen LogP contribution < -0.4 is 16.0 Å². The molecule has 1 aliphatic rings. The number of nitrogens with one attached hydrogen (secondary N) is 3. The third-order valence-corrected chi connectivity index (χ3v) is 6.15. The average Bonchev–Trinajstić information content (AvgIpc) is 3.43. The maximum atomic E-state index is 13.1. The SMILES string of the molecule is O=C(O)Nc1ccccc1NC(=O)c1ccc(CN(CCCN2CCCC2)C(=O)Nc2cccnc2)cn1. The van der Waals surface area contributed by atoms with Crippen molar-refractivity contribution < 1.29 is 19.5 Å². The number of hydrogen-bond acceptors (Lipinski definition) is 6. The summed E-state index contributed by atoms with van der Waals surface area (Å²) >= 11 is 0. The summed E-state index contributed by atoms with van der Waals surface area (Å²) in [4.78, 5) is 49.3. The van der Waals surface area contributed by atoms with Gasteiger partial charge in [-0.2, -0.15) is 0 Å². The first-order valence-corrected chi connectivity index (χ1v) is 12.5. The van der Waals surface area contributed by atoms with Gasteiger partial charge in [0.2, 0.25) is 0 Å². The van der Waals surface area contributed by atoms with Crippen LogP contribution in [0, 0.1) is 0 Å². The number of benzene rings is 1. The Morgan fingerprint density at radius 1 is 0.921 bits per heavy atom. The number of carbonyl (C=O) groups excluding carboxylic acids is 2. The van der Waals surface area contributed by atoms with Crippen molar-refractivity contribution >= 4 is 35.1 Å². The van der Waals surface area contributed by atoms with Crippen molar-refractivity contribution in [2.75, 3.05) is 42.1 Å².